The summed E-state index contributed by atoms with van der Waals surface area (Å²) in [6.45, 7) is 7.08. The molecule has 0 bridgehead atoms. The van der Waals surface area contributed by atoms with Crippen molar-refractivity contribution in [3.05, 3.63) is 41.6 Å². The summed E-state index contributed by atoms with van der Waals surface area (Å²) in [5, 5.41) is 1.30. The number of hydrogen-bond acceptors (Lipinski definition) is 3. The van der Waals surface area contributed by atoms with Gasteiger partial charge in [-0.3, -0.25) is 4.90 Å². The summed E-state index contributed by atoms with van der Waals surface area (Å²) in [7, 11) is 0. The highest BCUT2D eigenvalue weighted by Gasteiger charge is 2.51. The molecule has 3 aliphatic rings. The molecule has 4 heterocycles. The molecule has 27 heavy (non-hydrogen) atoms. The maximum absolute atomic E-state index is 13.1. The number of hydrogen-bond donors (Lipinski definition) is 0. The van der Waals surface area contributed by atoms with Crippen molar-refractivity contribution in [2.45, 2.75) is 52.0 Å². The Labute approximate surface area is 160 Å². The van der Waals surface area contributed by atoms with E-state index in [1.807, 2.05) is 6.92 Å². The fourth-order valence-corrected chi connectivity index (χ4v) is 5.70. The Balaban J connectivity index is 1.79. The van der Waals surface area contributed by atoms with Gasteiger partial charge in [0.1, 0.15) is 5.70 Å². The second-order valence-electron chi connectivity index (χ2n) is 8.26. The lowest BCUT2D eigenvalue weighted by Crippen LogP contribution is -2.51. The zero-order valence-corrected chi connectivity index (χ0v) is 16.3. The van der Waals surface area contributed by atoms with Crippen LogP contribution in [0.25, 0.3) is 16.6 Å². The van der Waals surface area contributed by atoms with E-state index in [9.17, 15) is 4.79 Å². The SMILES string of the molecule is CCCOC(=O)C1=C[C@]2(CC)CCCN3CCc4c(n1c1ccccc41)[C@@H]32. The lowest BCUT2D eigenvalue weighted by Gasteiger charge is -2.53. The highest BCUT2D eigenvalue weighted by atomic mass is 16.5. The molecule has 0 radical (unpaired) electrons. The molecule has 4 nitrogen and oxygen atoms in total. The van der Waals surface area contributed by atoms with E-state index in [1.165, 1.54) is 23.1 Å². The van der Waals surface area contributed by atoms with Crippen LogP contribution >= 0.6 is 0 Å². The maximum Gasteiger partial charge on any atom is 0.355 e. The van der Waals surface area contributed by atoms with Crippen LogP contribution in [0.3, 0.4) is 0 Å². The minimum absolute atomic E-state index is 0.0400. The van der Waals surface area contributed by atoms with E-state index in [-0.39, 0.29) is 11.4 Å². The molecular weight excluding hydrogens is 336 g/mol. The molecular formula is C23H28N2O2. The molecule has 0 amide bonds. The molecule has 0 spiro atoms. The topological polar surface area (TPSA) is 34.5 Å². The molecule has 0 aliphatic carbocycles. The van der Waals surface area contributed by atoms with Crippen LogP contribution in [0.1, 0.15) is 56.8 Å². The van der Waals surface area contributed by atoms with Gasteiger partial charge < -0.3 is 9.30 Å². The predicted molar refractivity (Wildman–Crippen MR) is 107 cm³/mol. The molecule has 4 heteroatoms. The second kappa shape index (κ2) is 6.23. The van der Waals surface area contributed by atoms with Crippen LogP contribution in [0, 0.1) is 5.41 Å². The van der Waals surface area contributed by atoms with Gasteiger partial charge in [-0.05, 0) is 56.4 Å². The summed E-state index contributed by atoms with van der Waals surface area (Å²) in [4.78, 5) is 15.7. The van der Waals surface area contributed by atoms with Crippen molar-refractivity contribution >= 4 is 22.6 Å². The number of rotatable bonds is 4. The van der Waals surface area contributed by atoms with E-state index in [2.05, 4.69) is 46.7 Å². The number of esters is 1. The Morgan fingerprint density at radius 1 is 1.26 bits per heavy atom. The Kier molecular flexibility index (Phi) is 3.94. The first-order valence-corrected chi connectivity index (χ1v) is 10.5. The van der Waals surface area contributed by atoms with Gasteiger partial charge >= 0.3 is 5.97 Å². The summed E-state index contributed by atoms with van der Waals surface area (Å²) in [5.41, 5.74) is 4.73. The normalized spacial score (nSPS) is 26.6. The van der Waals surface area contributed by atoms with Crippen molar-refractivity contribution in [1.82, 2.24) is 9.47 Å². The molecule has 1 aromatic heterocycles. The quantitative estimate of drug-likeness (QED) is 0.747. The molecule has 0 saturated carbocycles. The Hall–Kier alpha value is -2.07. The van der Waals surface area contributed by atoms with Gasteiger partial charge in [0.05, 0.1) is 18.2 Å². The van der Waals surface area contributed by atoms with Gasteiger partial charge in [0.25, 0.3) is 0 Å². The van der Waals surface area contributed by atoms with Gasteiger partial charge in [0.2, 0.25) is 0 Å². The Bertz CT molecular complexity index is 941. The average molecular weight is 364 g/mol. The van der Waals surface area contributed by atoms with Crippen molar-refractivity contribution in [2.24, 2.45) is 5.41 Å². The monoisotopic (exact) mass is 364 g/mol. The standard InChI is InChI=1S/C23H28N2O2/c1-3-14-27-22(26)19-15-23(4-2)11-7-12-24-13-10-17-16-8-5-6-9-18(16)25(19)20(17)21(23)24/h5-6,8-9,15,21H,3-4,7,10-14H2,1-2H3/t21-,23+/m1/s1. The van der Waals surface area contributed by atoms with Crippen LogP contribution in [0.5, 0.6) is 0 Å². The zero-order chi connectivity index (χ0) is 18.6. The van der Waals surface area contributed by atoms with Crippen molar-refractivity contribution in [3.8, 4) is 0 Å². The summed E-state index contributed by atoms with van der Waals surface area (Å²) in [6, 6.07) is 8.95. The van der Waals surface area contributed by atoms with Crippen LogP contribution in [-0.4, -0.2) is 35.1 Å². The molecule has 3 aliphatic heterocycles. The highest BCUT2D eigenvalue weighted by Crippen LogP contribution is 2.57. The molecule has 142 valence electrons. The third-order valence-electron chi connectivity index (χ3n) is 6.90. The van der Waals surface area contributed by atoms with E-state index in [4.69, 9.17) is 4.74 Å². The minimum atomic E-state index is -0.172. The van der Waals surface area contributed by atoms with E-state index in [0.717, 1.165) is 50.0 Å². The number of piperidine rings is 1. The first-order valence-electron chi connectivity index (χ1n) is 10.5. The van der Waals surface area contributed by atoms with Crippen LogP contribution in [0.2, 0.25) is 0 Å². The zero-order valence-electron chi connectivity index (χ0n) is 16.3. The van der Waals surface area contributed by atoms with Gasteiger partial charge in [-0.25, -0.2) is 4.79 Å². The first kappa shape index (κ1) is 17.1. The van der Waals surface area contributed by atoms with Gasteiger partial charge in [0.15, 0.2) is 0 Å². The third kappa shape index (κ3) is 2.29. The van der Waals surface area contributed by atoms with E-state index in [0.29, 0.717) is 12.6 Å². The predicted octanol–water partition coefficient (Wildman–Crippen LogP) is 4.54. The third-order valence-corrected chi connectivity index (χ3v) is 6.90. The molecule has 1 fully saturated rings. The van der Waals surface area contributed by atoms with Crippen LogP contribution in [-0.2, 0) is 16.0 Å². The lowest BCUT2D eigenvalue weighted by atomic mass is 9.66. The van der Waals surface area contributed by atoms with E-state index < -0.39 is 0 Å². The fourth-order valence-electron chi connectivity index (χ4n) is 5.70. The van der Waals surface area contributed by atoms with Crippen LogP contribution in [0.4, 0.5) is 0 Å². The Morgan fingerprint density at radius 3 is 2.93 bits per heavy atom. The number of ether oxygens (including phenoxy) is 1. The van der Waals surface area contributed by atoms with Crippen molar-refractivity contribution < 1.29 is 9.53 Å². The maximum atomic E-state index is 13.1. The molecule has 0 N–H and O–H groups in total. The van der Waals surface area contributed by atoms with E-state index in [1.54, 1.807) is 0 Å². The number of carbonyl (C=O) groups excluding carboxylic acids is 1. The van der Waals surface area contributed by atoms with Crippen LogP contribution in [0.15, 0.2) is 30.3 Å². The summed E-state index contributed by atoms with van der Waals surface area (Å²) >= 11 is 0. The second-order valence-corrected chi connectivity index (χ2v) is 8.26. The van der Waals surface area contributed by atoms with Crippen molar-refractivity contribution in [3.63, 3.8) is 0 Å². The summed E-state index contributed by atoms with van der Waals surface area (Å²) in [5.74, 6) is -0.172. The molecule has 1 saturated heterocycles. The van der Waals surface area contributed by atoms with Gasteiger partial charge in [-0.2, -0.15) is 0 Å². The molecule has 2 atom stereocenters. The fraction of sp³-hybridized carbons (Fsp3) is 0.522. The smallest absolute Gasteiger partial charge is 0.355 e. The number of carbonyl (C=O) groups is 1. The molecule has 0 unspecified atom stereocenters. The highest BCUT2D eigenvalue weighted by molar-refractivity contribution is 6.13. The van der Waals surface area contributed by atoms with Gasteiger partial charge in [-0.1, -0.05) is 32.0 Å². The molecule has 1 aromatic carbocycles. The van der Waals surface area contributed by atoms with E-state index >= 15 is 0 Å². The first-order chi connectivity index (χ1) is 13.2. The number of fused-ring (bicyclic) bond motifs is 3. The number of para-hydroxylation sites is 1. The number of aromatic nitrogens is 1. The summed E-state index contributed by atoms with van der Waals surface area (Å²) in [6.07, 6.45) is 7.59. The Morgan fingerprint density at radius 2 is 2.11 bits per heavy atom. The van der Waals surface area contributed by atoms with Crippen molar-refractivity contribution in [1.29, 1.82) is 0 Å². The lowest BCUT2D eigenvalue weighted by molar-refractivity contribution is -0.137. The van der Waals surface area contributed by atoms with Gasteiger partial charge in [-0.15, -0.1) is 0 Å². The largest absolute Gasteiger partial charge is 0.461 e. The van der Waals surface area contributed by atoms with Crippen molar-refractivity contribution in [2.75, 3.05) is 19.7 Å². The minimum Gasteiger partial charge on any atom is -0.461 e. The number of nitrogens with zero attached hydrogens (tertiary/aromatic N) is 2. The molecule has 2 aromatic rings. The summed E-state index contributed by atoms with van der Waals surface area (Å²) < 4.78 is 7.85. The number of benzene rings is 1. The van der Waals surface area contributed by atoms with Crippen LogP contribution < -0.4 is 0 Å². The average Bonchev–Trinajstić information content (AvgIpc) is 3.05. The molecule has 5 rings (SSSR count). The van der Waals surface area contributed by atoms with Gasteiger partial charge in [0, 0.05) is 23.0 Å².